The van der Waals surface area contributed by atoms with Gasteiger partial charge < -0.3 is 10.6 Å². The van der Waals surface area contributed by atoms with Gasteiger partial charge in [0.2, 0.25) is 5.91 Å². The number of nitrogens with zero attached hydrogens (tertiary/aromatic N) is 1. The van der Waals surface area contributed by atoms with Gasteiger partial charge >= 0.3 is 0 Å². The molecule has 6 nitrogen and oxygen atoms in total. The van der Waals surface area contributed by atoms with Gasteiger partial charge in [0.05, 0.1) is 15.9 Å². The Hall–Kier alpha value is -1.47. The van der Waals surface area contributed by atoms with Crippen molar-refractivity contribution in [2.75, 3.05) is 13.1 Å². The van der Waals surface area contributed by atoms with Gasteiger partial charge in [0, 0.05) is 19.2 Å². The van der Waals surface area contributed by atoms with Crippen LogP contribution in [-0.4, -0.2) is 23.9 Å². The third-order valence-corrected chi connectivity index (χ3v) is 3.06. The second-order valence-electron chi connectivity index (χ2n) is 4.00. The molecule has 0 radical (unpaired) electrons. The molecule has 0 aliphatic rings. The summed E-state index contributed by atoms with van der Waals surface area (Å²) < 4.78 is 0.446. The highest BCUT2D eigenvalue weighted by Gasteiger charge is 2.12. The van der Waals surface area contributed by atoms with Crippen LogP contribution < -0.4 is 10.6 Å². The Balaban J connectivity index is 2.48. The molecule has 104 valence electrons. The van der Waals surface area contributed by atoms with E-state index in [0.717, 1.165) is 12.0 Å². The Morgan fingerprint density at radius 1 is 1.47 bits per heavy atom. The number of carbonyl (C=O) groups excluding carboxylic acids is 1. The Labute approximate surface area is 119 Å². The molecule has 0 saturated carbocycles. The number of nitro groups is 1. The lowest BCUT2D eigenvalue weighted by Gasteiger charge is -2.06. The molecule has 1 aromatic carbocycles. The average molecular weight is 330 g/mol. The van der Waals surface area contributed by atoms with E-state index in [0.29, 0.717) is 17.6 Å². The number of amides is 1. The molecular weight excluding hydrogens is 314 g/mol. The van der Waals surface area contributed by atoms with E-state index < -0.39 is 4.92 Å². The monoisotopic (exact) mass is 329 g/mol. The standard InChI is InChI=1S/C12H16BrN3O3/c1-2-5-15-12(17)8-14-7-9-3-4-10(13)11(6-9)16(18)19/h3-4,6,14H,2,5,7-8H2,1H3,(H,15,17). The maximum atomic E-state index is 11.3. The summed E-state index contributed by atoms with van der Waals surface area (Å²) in [5.41, 5.74) is 0.785. The van der Waals surface area contributed by atoms with Crippen molar-refractivity contribution in [1.82, 2.24) is 10.6 Å². The number of rotatable bonds is 7. The minimum Gasteiger partial charge on any atom is -0.355 e. The Bertz CT molecular complexity index is 466. The highest BCUT2D eigenvalue weighted by molar-refractivity contribution is 9.10. The molecule has 0 aromatic heterocycles. The Morgan fingerprint density at radius 3 is 2.84 bits per heavy atom. The zero-order chi connectivity index (χ0) is 14.3. The molecule has 0 spiro atoms. The maximum absolute atomic E-state index is 11.3. The summed E-state index contributed by atoms with van der Waals surface area (Å²) in [4.78, 5) is 21.7. The minimum absolute atomic E-state index is 0.0229. The van der Waals surface area contributed by atoms with E-state index in [1.807, 2.05) is 6.92 Å². The predicted octanol–water partition coefficient (Wildman–Crippen LogP) is 1.97. The fraction of sp³-hybridized carbons (Fsp3) is 0.417. The molecule has 1 aromatic rings. The van der Waals surface area contributed by atoms with E-state index in [9.17, 15) is 14.9 Å². The number of halogens is 1. The lowest BCUT2D eigenvalue weighted by Crippen LogP contribution is -2.33. The quantitative estimate of drug-likeness (QED) is 0.591. The van der Waals surface area contributed by atoms with Gasteiger partial charge in [-0.1, -0.05) is 13.0 Å². The van der Waals surface area contributed by atoms with Gasteiger partial charge in [-0.3, -0.25) is 14.9 Å². The fourth-order valence-electron chi connectivity index (χ4n) is 1.46. The molecule has 1 amide bonds. The molecule has 0 unspecified atom stereocenters. The van der Waals surface area contributed by atoms with Crippen molar-refractivity contribution in [2.45, 2.75) is 19.9 Å². The largest absolute Gasteiger partial charge is 0.355 e. The van der Waals surface area contributed by atoms with Gasteiger partial charge in [0.25, 0.3) is 5.69 Å². The summed E-state index contributed by atoms with van der Waals surface area (Å²) in [6.45, 7) is 3.25. The average Bonchev–Trinajstić information content (AvgIpc) is 2.38. The number of nitro benzene ring substituents is 1. The van der Waals surface area contributed by atoms with Crippen molar-refractivity contribution in [3.8, 4) is 0 Å². The van der Waals surface area contributed by atoms with E-state index in [1.165, 1.54) is 6.07 Å². The normalized spacial score (nSPS) is 10.2. The molecule has 0 aliphatic heterocycles. The molecule has 2 N–H and O–H groups in total. The molecule has 0 heterocycles. The molecule has 0 fully saturated rings. The third kappa shape index (κ3) is 5.35. The topological polar surface area (TPSA) is 84.3 Å². The summed E-state index contributed by atoms with van der Waals surface area (Å²) in [5, 5.41) is 16.5. The molecule has 0 bridgehead atoms. The Morgan fingerprint density at radius 2 is 2.21 bits per heavy atom. The molecular formula is C12H16BrN3O3. The van der Waals surface area contributed by atoms with E-state index >= 15 is 0 Å². The number of carbonyl (C=O) groups is 1. The second-order valence-corrected chi connectivity index (χ2v) is 4.85. The van der Waals surface area contributed by atoms with E-state index in [1.54, 1.807) is 12.1 Å². The summed E-state index contributed by atoms with van der Waals surface area (Å²) >= 11 is 3.12. The lowest BCUT2D eigenvalue weighted by atomic mass is 10.2. The minimum atomic E-state index is -0.443. The summed E-state index contributed by atoms with van der Waals surface area (Å²) in [7, 11) is 0. The zero-order valence-electron chi connectivity index (χ0n) is 10.6. The first-order chi connectivity index (χ1) is 9.04. The number of nitrogens with one attached hydrogen (secondary N) is 2. The van der Waals surface area contributed by atoms with Crippen molar-refractivity contribution in [3.05, 3.63) is 38.3 Å². The van der Waals surface area contributed by atoms with E-state index in [2.05, 4.69) is 26.6 Å². The molecule has 0 aliphatic carbocycles. The Kier molecular flexibility index (Phi) is 6.44. The first kappa shape index (κ1) is 15.6. The van der Waals surface area contributed by atoms with Gasteiger partial charge in [-0.15, -0.1) is 0 Å². The van der Waals surface area contributed by atoms with Crippen molar-refractivity contribution >= 4 is 27.5 Å². The predicted molar refractivity (Wildman–Crippen MR) is 75.8 cm³/mol. The highest BCUT2D eigenvalue weighted by Crippen LogP contribution is 2.25. The summed E-state index contributed by atoms with van der Waals surface area (Å²) in [6, 6.07) is 4.89. The molecule has 0 saturated heterocycles. The molecule has 0 atom stereocenters. The summed E-state index contributed by atoms with van der Waals surface area (Å²) in [6.07, 6.45) is 0.893. The first-order valence-corrected chi connectivity index (χ1v) is 6.74. The zero-order valence-corrected chi connectivity index (χ0v) is 12.2. The van der Waals surface area contributed by atoms with Gasteiger partial charge in [0.15, 0.2) is 0 Å². The van der Waals surface area contributed by atoms with Crippen LogP contribution in [0.1, 0.15) is 18.9 Å². The SMILES string of the molecule is CCCNC(=O)CNCc1ccc(Br)c([N+](=O)[O-])c1. The molecule has 19 heavy (non-hydrogen) atoms. The molecule has 7 heteroatoms. The van der Waals surface area contributed by atoms with Crippen LogP contribution in [0.5, 0.6) is 0 Å². The second kappa shape index (κ2) is 7.85. The van der Waals surface area contributed by atoms with Crippen LogP contribution in [0.4, 0.5) is 5.69 Å². The van der Waals surface area contributed by atoms with Crippen molar-refractivity contribution in [1.29, 1.82) is 0 Å². The van der Waals surface area contributed by atoms with Crippen LogP contribution in [0.25, 0.3) is 0 Å². The maximum Gasteiger partial charge on any atom is 0.283 e. The van der Waals surface area contributed by atoms with Crippen LogP contribution in [-0.2, 0) is 11.3 Å². The fourth-order valence-corrected chi connectivity index (χ4v) is 1.85. The van der Waals surface area contributed by atoms with Gasteiger partial charge in [0.1, 0.15) is 0 Å². The van der Waals surface area contributed by atoms with Crippen molar-refractivity contribution in [2.24, 2.45) is 0 Å². The van der Waals surface area contributed by atoms with Crippen LogP contribution in [0.3, 0.4) is 0 Å². The molecule has 1 rings (SSSR count). The number of hydrogen-bond acceptors (Lipinski definition) is 4. The van der Waals surface area contributed by atoms with Crippen molar-refractivity contribution < 1.29 is 9.72 Å². The van der Waals surface area contributed by atoms with Gasteiger partial charge in [-0.25, -0.2) is 0 Å². The van der Waals surface area contributed by atoms with E-state index in [4.69, 9.17) is 0 Å². The lowest BCUT2D eigenvalue weighted by molar-refractivity contribution is -0.385. The van der Waals surface area contributed by atoms with Crippen LogP contribution in [0.15, 0.2) is 22.7 Å². The van der Waals surface area contributed by atoms with Gasteiger partial charge in [-0.05, 0) is 34.0 Å². The smallest absolute Gasteiger partial charge is 0.283 e. The van der Waals surface area contributed by atoms with E-state index in [-0.39, 0.29) is 18.1 Å². The van der Waals surface area contributed by atoms with Crippen LogP contribution in [0.2, 0.25) is 0 Å². The van der Waals surface area contributed by atoms with Crippen LogP contribution in [0, 0.1) is 10.1 Å². The highest BCUT2D eigenvalue weighted by atomic mass is 79.9. The summed E-state index contributed by atoms with van der Waals surface area (Å²) in [5.74, 6) is -0.0755. The number of hydrogen-bond donors (Lipinski definition) is 2. The van der Waals surface area contributed by atoms with Crippen LogP contribution >= 0.6 is 15.9 Å². The third-order valence-electron chi connectivity index (χ3n) is 2.39. The van der Waals surface area contributed by atoms with Crippen molar-refractivity contribution in [3.63, 3.8) is 0 Å². The first-order valence-electron chi connectivity index (χ1n) is 5.94. The van der Waals surface area contributed by atoms with Gasteiger partial charge in [-0.2, -0.15) is 0 Å². The number of benzene rings is 1.